The van der Waals surface area contributed by atoms with Crippen molar-refractivity contribution in [2.45, 2.75) is 25.0 Å². The molecule has 3 aromatic carbocycles. The molecule has 0 aromatic heterocycles. The number of rotatable bonds is 9. The zero-order valence-corrected chi connectivity index (χ0v) is 21.7. The van der Waals surface area contributed by atoms with E-state index < -0.39 is 42.1 Å². The first-order valence-electron chi connectivity index (χ1n) is 11.6. The monoisotopic (exact) mass is 568 g/mol. The largest absolute Gasteiger partial charge is 0.508 e. The van der Waals surface area contributed by atoms with Crippen molar-refractivity contribution in [2.24, 2.45) is 10.7 Å². The topological polar surface area (TPSA) is 171 Å². The first-order valence-corrected chi connectivity index (χ1v) is 12.4. The van der Waals surface area contributed by atoms with Crippen LogP contribution in [0.25, 0.3) is 0 Å². The molecule has 2 amide bonds. The summed E-state index contributed by atoms with van der Waals surface area (Å²) in [6.45, 7) is 0.114. The molecule has 1 heterocycles. The number of carbonyl (C=O) groups excluding carboxylic acids is 3. The minimum absolute atomic E-state index is 0.0516. The molecule has 0 aliphatic carbocycles. The molecule has 2 atom stereocenters. The van der Waals surface area contributed by atoms with Crippen LogP contribution in [-0.2, 0) is 16.1 Å². The van der Waals surface area contributed by atoms with Crippen LogP contribution in [0.2, 0.25) is 10.0 Å². The zero-order chi connectivity index (χ0) is 28.3. The van der Waals surface area contributed by atoms with Gasteiger partial charge < -0.3 is 26.6 Å². The number of halogens is 2. The Morgan fingerprint density at radius 2 is 1.67 bits per heavy atom. The number of nitrogens with zero attached hydrogens (tertiary/aromatic N) is 1. The van der Waals surface area contributed by atoms with Gasteiger partial charge >= 0.3 is 5.97 Å². The summed E-state index contributed by atoms with van der Waals surface area (Å²) in [5.74, 6) is -3.53. The number of amides is 2. The van der Waals surface area contributed by atoms with E-state index in [0.29, 0.717) is 16.8 Å². The summed E-state index contributed by atoms with van der Waals surface area (Å²) in [6.07, 6.45) is -0.668. The standard InChI is InChI=1S/C27H22Cl2N4O6/c28-17-9-14(25(36)31-12-13-4-3-5-15(34)8-13)10-18(29)22(17)21(35)11-20(27(38)39)33-26(37)24-23(30)16-6-1-2-7-19(16)32-24/h1-10,20,23,34H,11-12,30H2,(H,31,36)(H,33,37)(H,38,39). The first kappa shape index (κ1) is 27.8. The number of aliphatic imine (C=N–C) groups is 1. The fourth-order valence-electron chi connectivity index (χ4n) is 4.03. The average molecular weight is 569 g/mol. The van der Waals surface area contributed by atoms with Gasteiger partial charge in [-0.2, -0.15) is 0 Å². The number of aromatic hydroxyl groups is 1. The smallest absolute Gasteiger partial charge is 0.326 e. The van der Waals surface area contributed by atoms with Crippen LogP contribution in [0.15, 0.2) is 65.7 Å². The molecule has 200 valence electrons. The summed E-state index contributed by atoms with van der Waals surface area (Å²) in [6, 6.07) is 13.2. The van der Waals surface area contributed by atoms with E-state index in [1.165, 1.54) is 24.3 Å². The molecule has 4 rings (SSSR count). The van der Waals surface area contributed by atoms with E-state index in [-0.39, 0.29) is 39.2 Å². The number of hydrogen-bond donors (Lipinski definition) is 5. The third-order valence-electron chi connectivity index (χ3n) is 5.98. The van der Waals surface area contributed by atoms with Crippen molar-refractivity contribution in [1.29, 1.82) is 0 Å². The second-order valence-electron chi connectivity index (χ2n) is 8.69. The van der Waals surface area contributed by atoms with Crippen LogP contribution in [0.4, 0.5) is 5.69 Å². The maximum atomic E-state index is 13.0. The number of ketones is 1. The molecule has 12 heteroatoms. The highest BCUT2D eigenvalue weighted by molar-refractivity contribution is 6.43. The van der Waals surface area contributed by atoms with Crippen LogP contribution in [0.5, 0.6) is 5.75 Å². The number of Topliss-reactive ketones (excluding diaryl/α,β-unsaturated/α-hetero) is 1. The van der Waals surface area contributed by atoms with Gasteiger partial charge in [0.25, 0.3) is 11.8 Å². The lowest BCUT2D eigenvalue weighted by Gasteiger charge is -2.16. The first-order chi connectivity index (χ1) is 18.5. The Bertz CT molecular complexity index is 1500. The molecule has 0 radical (unpaired) electrons. The Hall–Kier alpha value is -4.25. The van der Waals surface area contributed by atoms with E-state index in [2.05, 4.69) is 15.6 Å². The highest BCUT2D eigenvalue weighted by atomic mass is 35.5. The number of carboxylic acid groups (broad SMARTS) is 1. The summed E-state index contributed by atoms with van der Waals surface area (Å²) in [5, 5.41) is 23.8. The van der Waals surface area contributed by atoms with Gasteiger partial charge in [-0.1, -0.05) is 53.5 Å². The lowest BCUT2D eigenvalue weighted by molar-refractivity contribution is -0.141. The molecule has 3 aromatic rings. The number of benzene rings is 3. The molecule has 0 saturated heterocycles. The molecule has 0 saturated carbocycles. The van der Waals surface area contributed by atoms with Crippen LogP contribution in [-0.4, -0.2) is 45.5 Å². The summed E-state index contributed by atoms with van der Waals surface area (Å²) in [4.78, 5) is 54.4. The Labute approximate surface area is 232 Å². The number of nitrogens with two attached hydrogens (primary N) is 1. The number of phenols is 1. The van der Waals surface area contributed by atoms with Gasteiger partial charge in [0.2, 0.25) is 0 Å². The van der Waals surface area contributed by atoms with Gasteiger partial charge in [0.05, 0.1) is 27.3 Å². The van der Waals surface area contributed by atoms with Crippen LogP contribution in [0, 0.1) is 0 Å². The van der Waals surface area contributed by atoms with Gasteiger partial charge in [0.15, 0.2) is 5.78 Å². The Balaban J connectivity index is 1.44. The van der Waals surface area contributed by atoms with Crippen LogP contribution >= 0.6 is 23.2 Å². The summed E-state index contributed by atoms with van der Waals surface area (Å²) in [7, 11) is 0. The van der Waals surface area contributed by atoms with Crippen molar-refractivity contribution in [2.75, 3.05) is 0 Å². The number of aliphatic carboxylic acids is 1. The molecule has 0 bridgehead atoms. The quantitative estimate of drug-likeness (QED) is 0.245. The number of nitrogens with one attached hydrogen (secondary N) is 2. The summed E-state index contributed by atoms with van der Waals surface area (Å²) in [5.41, 5.74) is 7.67. The Kier molecular flexibility index (Phi) is 8.29. The van der Waals surface area contributed by atoms with Crippen molar-refractivity contribution in [1.82, 2.24) is 10.6 Å². The minimum Gasteiger partial charge on any atom is -0.508 e. The molecule has 6 N–H and O–H groups in total. The maximum absolute atomic E-state index is 13.0. The van der Waals surface area contributed by atoms with E-state index in [1.54, 1.807) is 36.4 Å². The molecule has 0 spiro atoms. The number of carboxylic acids is 1. The molecule has 10 nitrogen and oxygen atoms in total. The van der Waals surface area contributed by atoms with Crippen LogP contribution in [0.3, 0.4) is 0 Å². The van der Waals surface area contributed by atoms with Crippen LogP contribution in [0.1, 0.15) is 44.3 Å². The highest BCUT2D eigenvalue weighted by Gasteiger charge is 2.33. The molecule has 1 aliphatic rings. The van der Waals surface area contributed by atoms with Gasteiger partial charge in [-0.05, 0) is 35.9 Å². The average Bonchev–Trinajstić information content (AvgIpc) is 3.23. The van der Waals surface area contributed by atoms with E-state index in [0.717, 1.165) is 0 Å². The fraction of sp³-hybridized carbons (Fsp3) is 0.148. The molecule has 39 heavy (non-hydrogen) atoms. The zero-order valence-electron chi connectivity index (χ0n) is 20.2. The van der Waals surface area contributed by atoms with Gasteiger partial charge in [0, 0.05) is 24.1 Å². The van der Waals surface area contributed by atoms with Gasteiger partial charge in [-0.3, -0.25) is 14.4 Å². The number of phenolic OH excluding ortho intramolecular Hbond substituents is 1. The Morgan fingerprint density at radius 3 is 2.31 bits per heavy atom. The van der Waals surface area contributed by atoms with Gasteiger partial charge in [-0.25, -0.2) is 9.79 Å². The second-order valence-corrected chi connectivity index (χ2v) is 9.51. The van der Waals surface area contributed by atoms with Crippen LogP contribution < -0.4 is 16.4 Å². The molecular formula is C27H22Cl2N4O6. The van der Waals surface area contributed by atoms with E-state index >= 15 is 0 Å². The molecular weight excluding hydrogens is 547 g/mol. The van der Waals surface area contributed by atoms with Gasteiger partial charge in [-0.15, -0.1) is 0 Å². The number of hydrogen-bond acceptors (Lipinski definition) is 7. The van der Waals surface area contributed by atoms with Crippen molar-refractivity contribution < 1.29 is 29.4 Å². The molecule has 2 unspecified atom stereocenters. The third kappa shape index (κ3) is 6.26. The third-order valence-corrected chi connectivity index (χ3v) is 6.58. The van der Waals surface area contributed by atoms with Crippen molar-refractivity contribution in [3.63, 3.8) is 0 Å². The SMILES string of the molecule is NC1C(C(=O)NC(CC(=O)c2c(Cl)cc(C(=O)NCc3cccc(O)c3)cc2Cl)C(=O)O)=Nc2ccccc21. The predicted octanol–water partition coefficient (Wildman–Crippen LogP) is 3.56. The molecule has 0 fully saturated rings. The van der Waals surface area contributed by atoms with Crippen molar-refractivity contribution >= 4 is 58.2 Å². The second kappa shape index (κ2) is 11.6. The van der Waals surface area contributed by atoms with E-state index in [1.807, 2.05) is 0 Å². The lowest BCUT2D eigenvalue weighted by atomic mass is 10.0. The van der Waals surface area contributed by atoms with Crippen molar-refractivity contribution in [3.05, 3.63) is 93.0 Å². The lowest BCUT2D eigenvalue weighted by Crippen LogP contribution is -2.46. The van der Waals surface area contributed by atoms with E-state index in [4.69, 9.17) is 28.9 Å². The Morgan fingerprint density at radius 1 is 0.974 bits per heavy atom. The number of fused-ring (bicyclic) bond motifs is 1. The molecule has 1 aliphatic heterocycles. The van der Waals surface area contributed by atoms with Crippen molar-refractivity contribution in [3.8, 4) is 5.75 Å². The summed E-state index contributed by atoms with van der Waals surface area (Å²) < 4.78 is 0. The summed E-state index contributed by atoms with van der Waals surface area (Å²) >= 11 is 12.5. The highest BCUT2D eigenvalue weighted by Crippen LogP contribution is 2.32. The minimum atomic E-state index is -1.62. The van der Waals surface area contributed by atoms with E-state index in [9.17, 15) is 29.4 Å². The van der Waals surface area contributed by atoms with Gasteiger partial charge in [0.1, 0.15) is 17.5 Å². The maximum Gasteiger partial charge on any atom is 0.326 e. The number of para-hydroxylation sites is 1. The fourth-order valence-corrected chi connectivity index (χ4v) is 4.73. The normalized spacial score (nSPS) is 14.6. The number of carbonyl (C=O) groups is 4. The predicted molar refractivity (Wildman–Crippen MR) is 145 cm³/mol.